The summed E-state index contributed by atoms with van der Waals surface area (Å²) < 4.78 is 2.07. The summed E-state index contributed by atoms with van der Waals surface area (Å²) in [5.41, 5.74) is 3.23. The van der Waals surface area contributed by atoms with Gasteiger partial charge in [-0.25, -0.2) is 4.98 Å². The van der Waals surface area contributed by atoms with Crippen molar-refractivity contribution >= 4 is 11.6 Å². The van der Waals surface area contributed by atoms with Crippen LogP contribution in [0.25, 0.3) is 5.65 Å². The summed E-state index contributed by atoms with van der Waals surface area (Å²) in [6, 6.07) is 4.48. The van der Waals surface area contributed by atoms with Gasteiger partial charge in [-0.3, -0.25) is 9.69 Å². The van der Waals surface area contributed by atoms with E-state index in [1.807, 2.05) is 19.2 Å². The lowest BCUT2D eigenvalue weighted by Crippen LogP contribution is -2.58. The molecular weight excluding hydrogens is 276 g/mol. The average Bonchev–Trinajstić information content (AvgIpc) is 3.11. The van der Waals surface area contributed by atoms with E-state index in [1.54, 1.807) is 0 Å². The number of amides is 1. The van der Waals surface area contributed by atoms with E-state index in [1.165, 1.54) is 5.56 Å². The van der Waals surface area contributed by atoms with Crippen LogP contribution in [-0.2, 0) is 11.3 Å². The van der Waals surface area contributed by atoms with Crippen LogP contribution in [0.5, 0.6) is 0 Å². The summed E-state index contributed by atoms with van der Waals surface area (Å²) in [5, 5.41) is 0. The Morgan fingerprint density at radius 3 is 3.09 bits per heavy atom. The molecule has 2 atom stereocenters. The normalized spacial score (nSPS) is 25.9. The fourth-order valence-corrected chi connectivity index (χ4v) is 3.83. The second-order valence-electron chi connectivity index (χ2n) is 6.59. The van der Waals surface area contributed by atoms with E-state index in [-0.39, 0.29) is 11.9 Å². The first kappa shape index (κ1) is 13.8. The van der Waals surface area contributed by atoms with E-state index in [4.69, 9.17) is 4.98 Å². The van der Waals surface area contributed by atoms with Crippen molar-refractivity contribution in [2.24, 2.45) is 0 Å². The maximum atomic E-state index is 12.5. The lowest BCUT2D eigenvalue weighted by Gasteiger charge is -2.41. The maximum absolute atomic E-state index is 12.5. The molecule has 2 aromatic heterocycles. The Morgan fingerprint density at radius 2 is 2.27 bits per heavy atom. The van der Waals surface area contributed by atoms with Crippen LogP contribution in [0.3, 0.4) is 0 Å². The first-order valence-corrected chi connectivity index (χ1v) is 8.11. The van der Waals surface area contributed by atoms with Gasteiger partial charge in [0.1, 0.15) is 5.65 Å². The Kier molecular flexibility index (Phi) is 3.18. The molecule has 5 heteroatoms. The highest BCUT2D eigenvalue weighted by molar-refractivity contribution is 5.83. The summed E-state index contributed by atoms with van der Waals surface area (Å²) in [4.78, 5) is 21.6. The van der Waals surface area contributed by atoms with Gasteiger partial charge in [0, 0.05) is 38.1 Å². The molecule has 0 N–H and O–H groups in total. The molecule has 5 nitrogen and oxygen atoms in total. The van der Waals surface area contributed by atoms with Crippen molar-refractivity contribution in [2.45, 2.75) is 45.3 Å². The molecule has 2 aromatic rings. The number of aryl methyl sites for hydroxylation is 1. The smallest absolute Gasteiger partial charge is 0.239 e. The van der Waals surface area contributed by atoms with E-state index in [2.05, 4.69) is 33.4 Å². The van der Waals surface area contributed by atoms with Crippen LogP contribution in [0.15, 0.2) is 24.5 Å². The van der Waals surface area contributed by atoms with E-state index >= 15 is 0 Å². The minimum absolute atomic E-state index is 0.0414. The molecule has 0 aromatic carbocycles. The third kappa shape index (κ3) is 2.11. The Hall–Kier alpha value is -1.88. The van der Waals surface area contributed by atoms with Crippen LogP contribution < -0.4 is 0 Å². The van der Waals surface area contributed by atoms with Gasteiger partial charge in [0.05, 0.1) is 11.7 Å². The molecule has 4 rings (SSSR count). The lowest BCUT2D eigenvalue weighted by molar-refractivity contribution is -0.143. The highest BCUT2D eigenvalue weighted by atomic mass is 16.2. The third-order valence-electron chi connectivity index (χ3n) is 5.10. The van der Waals surface area contributed by atoms with E-state index < -0.39 is 0 Å². The topological polar surface area (TPSA) is 40.9 Å². The number of imidazole rings is 1. The van der Waals surface area contributed by atoms with Crippen LogP contribution in [0, 0.1) is 6.92 Å². The van der Waals surface area contributed by atoms with Gasteiger partial charge in [-0.1, -0.05) is 6.07 Å². The van der Waals surface area contributed by atoms with Gasteiger partial charge in [-0.05, 0) is 38.3 Å². The van der Waals surface area contributed by atoms with Gasteiger partial charge in [0.25, 0.3) is 0 Å². The molecule has 2 fully saturated rings. The fourth-order valence-electron chi connectivity index (χ4n) is 3.83. The number of piperazine rings is 1. The molecule has 116 valence electrons. The standard InChI is InChI=1S/C17H22N4O/c1-12-5-3-7-19-9-14(18-16(12)19)10-20-11-15-6-4-8-21(15)17(22)13(20)2/h3,5,7,9,13,15H,4,6,8,10-11H2,1-2H3/t13-,15-/m1/s1. The minimum atomic E-state index is -0.0414. The van der Waals surface area contributed by atoms with Gasteiger partial charge in [0.2, 0.25) is 5.91 Å². The Balaban J connectivity index is 1.59. The van der Waals surface area contributed by atoms with Gasteiger partial charge >= 0.3 is 0 Å². The number of pyridine rings is 1. The number of hydrogen-bond donors (Lipinski definition) is 0. The minimum Gasteiger partial charge on any atom is -0.337 e. The predicted octanol–water partition coefficient (Wildman–Crippen LogP) is 1.84. The molecule has 0 spiro atoms. The first-order valence-electron chi connectivity index (χ1n) is 8.11. The second-order valence-corrected chi connectivity index (χ2v) is 6.59. The van der Waals surface area contributed by atoms with E-state index in [0.717, 1.165) is 43.8 Å². The van der Waals surface area contributed by atoms with Gasteiger partial charge in [-0.2, -0.15) is 0 Å². The zero-order valence-electron chi connectivity index (χ0n) is 13.2. The number of hydrogen-bond acceptors (Lipinski definition) is 3. The number of aromatic nitrogens is 2. The number of carbonyl (C=O) groups excluding carboxylic acids is 1. The predicted molar refractivity (Wildman–Crippen MR) is 84.5 cm³/mol. The molecule has 0 saturated carbocycles. The molecule has 2 saturated heterocycles. The highest BCUT2D eigenvalue weighted by Gasteiger charge is 2.40. The average molecular weight is 298 g/mol. The SMILES string of the molecule is Cc1cccn2cc(CN3C[C@H]4CCCN4C(=O)[C@H]3C)nc12. The summed E-state index contributed by atoms with van der Waals surface area (Å²) in [6.07, 6.45) is 6.40. The summed E-state index contributed by atoms with van der Waals surface area (Å²) in [6.45, 7) is 6.76. The molecule has 1 amide bonds. The van der Waals surface area contributed by atoms with Crippen LogP contribution in [-0.4, -0.2) is 50.3 Å². The summed E-state index contributed by atoms with van der Waals surface area (Å²) in [7, 11) is 0. The molecule has 2 aliphatic heterocycles. The molecule has 0 radical (unpaired) electrons. The molecule has 2 aliphatic rings. The number of rotatable bonds is 2. The zero-order chi connectivity index (χ0) is 15.3. The Bertz CT molecular complexity index is 723. The fraction of sp³-hybridized carbons (Fsp3) is 0.529. The number of nitrogens with zero attached hydrogens (tertiary/aromatic N) is 4. The molecular formula is C17H22N4O. The summed E-state index contributed by atoms with van der Waals surface area (Å²) >= 11 is 0. The molecule has 22 heavy (non-hydrogen) atoms. The van der Waals surface area contributed by atoms with Gasteiger partial charge < -0.3 is 9.30 Å². The Morgan fingerprint density at radius 1 is 1.41 bits per heavy atom. The van der Waals surface area contributed by atoms with Crippen molar-refractivity contribution in [1.29, 1.82) is 0 Å². The lowest BCUT2D eigenvalue weighted by atomic mass is 10.1. The maximum Gasteiger partial charge on any atom is 0.239 e. The highest BCUT2D eigenvalue weighted by Crippen LogP contribution is 2.26. The van der Waals surface area contributed by atoms with Crippen molar-refractivity contribution in [3.05, 3.63) is 35.8 Å². The van der Waals surface area contributed by atoms with Crippen molar-refractivity contribution in [1.82, 2.24) is 19.2 Å². The number of fused-ring (bicyclic) bond motifs is 2. The van der Waals surface area contributed by atoms with E-state index in [0.29, 0.717) is 6.04 Å². The summed E-state index contributed by atoms with van der Waals surface area (Å²) in [5.74, 6) is 0.286. The quantitative estimate of drug-likeness (QED) is 0.849. The first-order chi connectivity index (χ1) is 10.6. The van der Waals surface area contributed by atoms with Crippen LogP contribution in [0.1, 0.15) is 31.0 Å². The molecule has 0 aliphatic carbocycles. The number of carbonyl (C=O) groups is 1. The Labute approximate surface area is 130 Å². The van der Waals surface area contributed by atoms with Gasteiger partial charge in [0.15, 0.2) is 0 Å². The largest absolute Gasteiger partial charge is 0.337 e. The third-order valence-corrected chi connectivity index (χ3v) is 5.10. The van der Waals surface area contributed by atoms with Gasteiger partial charge in [-0.15, -0.1) is 0 Å². The van der Waals surface area contributed by atoms with Crippen LogP contribution in [0.4, 0.5) is 0 Å². The van der Waals surface area contributed by atoms with Crippen molar-refractivity contribution in [3.8, 4) is 0 Å². The van der Waals surface area contributed by atoms with Crippen molar-refractivity contribution in [3.63, 3.8) is 0 Å². The molecule has 0 bridgehead atoms. The van der Waals surface area contributed by atoms with Crippen molar-refractivity contribution in [2.75, 3.05) is 13.1 Å². The molecule has 4 heterocycles. The van der Waals surface area contributed by atoms with Crippen LogP contribution >= 0.6 is 0 Å². The van der Waals surface area contributed by atoms with Crippen LogP contribution in [0.2, 0.25) is 0 Å². The molecule has 0 unspecified atom stereocenters. The van der Waals surface area contributed by atoms with E-state index in [9.17, 15) is 4.79 Å². The monoisotopic (exact) mass is 298 g/mol. The zero-order valence-corrected chi connectivity index (χ0v) is 13.2. The van der Waals surface area contributed by atoms with Crippen molar-refractivity contribution < 1.29 is 4.79 Å². The second kappa shape index (κ2) is 5.09.